The van der Waals surface area contributed by atoms with E-state index in [9.17, 15) is 24.3 Å². The third-order valence-corrected chi connectivity index (χ3v) is 7.03. The van der Waals surface area contributed by atoms with Crippen LogP contribution < -0.4 is 0 Å². The third-order valence-electron chi connectivity index (χ3n) is 6.61. The molecule has 3 rings (SSSR count). The van der Waals surface area contributed by atoms with Crippen LogP contribution in [0.2, 0.25) is 0 Å². The van der Waals surface area contributed by atoms with E-state index < -0.39 is 70.8 Å². The van der Waals surface area contributed by atoms with Crippen molar-refractivity contribution in [2.24, 2.45) is 5.92 Å². The Labute approximate surface area is 202 Å². The van der Waals surface area contributed by atoms with E-state index in [1.165, 1.54) is 13.0 Å². The van der Waals surface area contributed by atoms with Crippen LogP contribution in [-0.4, -0.2) is 77.1 Å². The summed E-state index contributed by atoms with van der Waals surface area (Å²) in [5, 5.41) is 9.54. The van der Waals surface area contributed by atoms with Crippen molar-refractivity contribution in [3.05, 3.63) is 23.8 Å². The van der Waals surface area contributed by atoms with E-state index in [2.05, 4.69) is 6.58 Å². The second kappa shape index (κ2) is 9.31. The van der Waals surface area contributed by atoms with Crippen LogP contribution in [0.5, 0.6) is 0 Å². The summed E-state index contributed by atoms with van der Waals surface area (Å²) in [4.78, 5) is 50.3. The molecule has 1 N–H and O–H groups in total. The lowest BCUT2D eigenvalue weighted by Crippen LogP contribution is -2.52. The molecule has 2 unspecified atom stereocenters. The summed E-state index contributed by atoms with van der Waals surface area (Å²) in [5.41, 5.74) is -2.95. The normalized spacial score (nSPS) is 35.4. The summed E-state index contributed by atoms with van der Waals surface area (Å²) in [6.07, 6.45) is -2.12. The van der Waals surface area contributed by atoms with E-state index in [-0.39, 0.29) is 11.1 Å². The third kappa shape index (κ3) is 4.71. The summed E-state index contributed by atoms with van der Waals surface area (Å²) in [6.45, 7) is 9.30. The Balaban J connectivity index is 2.18. The van der Waals surface area contributed by atoms with Gasteiger partial charge in [-0.2, -0.15) is 0 Å². The number of carbonyl (C=O) groups excluding carboxylic acids is 4. The minimum absolute atomic E-state index is 0.0545. The molecule has 0 amide bonds. The summed E-state index contributed by atoms with van der Waals surface area (Å²) in [6, 6.07) is 0. The van der Waals surface area contributed by atoms with Crippen molar-refractivity contribution in [3.63, 3.8) is 0 Å². The minimum atomic E-state index is -2.14. The van der Waals surface area contributed by atoms with Crippen LogP contribution in [0.1, 0.15) is 40.5 Å². The Morgan fingerprint density at radius 2 is 2.00 bits per heavy atom. The maximum Gasteiger partial charge on any atom is 0.339 e. The van der Waals surface area contributed by atoms with E-state index in [1.54, 1.807) is 0 Å². The average molecular weight is 501 g/mol. The van der Waals surface area contributed by atoms with Gasteiger partial charge in [0.1, 0.15) is 12.2 Å². The van der Waals surface area contributed by atoms with Crippen molar-refractivity contribution in [3.8, 4) is 0 Å². The second-order valence-electron chi connectivity index (χ2n) is 9.13. The van der Waals surface area contributed by atoms with Crippen LogP contribution in [0.15, 0.2) is 23.8 Å². The first-order valence-electron chi connectivity index (χ1n) is 10.8. The zero-order chi connectivity index (χ0) is 25.6. The molecule has 0 bridgehead atoms. The molecule has 0 saturated carbocycles. The van der Waals surface area contributed by atoms with Gasteiger partial charge in [0.05, 0.1) is 29.6 Å². The molecule has 2 saturated heterocycles. The van der Waals surface area contributed by atoms with Gasteiger partial charge in [-0.25, -0.2) is 14.4 Å². The van der Waals surface area contributed by atoms with Gasteiger partial charge in [0.2, 0.25) is 0 Å². The van der Waals surface area contributed by atoms with Crippen molar-refractivity contribution in [2.75, 3.05) is 7.11 Å². The predicted octanol–water partition coefficient (Wildman–Crippen LogP) is 1.36. The van der Waals surface area contributed by atoms with Crippen LogP contribution in [0, 0.1) is 5.92 Å². The summed E-state index contributed by atoms with van der Waals surface area (Å²) >= 11 is 5.98. The first kappa shape index (κ1) is 26.2. The van der Waals surface area contributed by atoms with Gasteiger partial charge in [-0.3, -0.25) is 4.79 Å². The van der Waals surface area contributed by atoms with E-state index in [4.69, 9.17) is 35.3 Å². The van der Waals surface area contributed by atoms with Gasteiger partial charge in [-0.1, -0.05) is 12.7 Å². The second-order valence-corrected chi connectivity index (χ2v) is 9.78. The summed E-state index contributed by atoms with van der Waals surface area (Å²) in [7, 11) is 1.15. The molecule has 0 aromatic carbocycles. The van der Waals surface area contributed by atoms with E-state index in [0.29, 0.717) is 12.8 Å². The number of hydrogen-bond acceptors (Lipinski definition) is 10. The number of esters is 4. The van der Waals surface area contributed by atoms with Crippen LogP contribution in [0.25, 0.3) is 0 Å². The number of allylic oxidation sites excluding steroid dienone is 1. The molecule has 3 aliphatic rings. The number of hydrogen-bond donors (Lipinski definition) is 1. The van der Waals surface area contributed by atoms with Crippen molar-refractivity contribution in [1.29, 1.82) is 0 Å². The molecule has 11 heteroatoms. The Morgan fingerprint density at radius 1 is 1.35 bits per heavy atom. The lowest BCUT2D eigenvalue weighted by atomic mass is 9.80. The van der Waals surface area contributed by atoms with Crippen LogP contribution in [0.3, 0.4) is 0 Å². The van der Waals surface area contributed by atoms with Crippen molar-refractivity contribution >= 4 is 35.5 Å². The van der Waals surface area contributed by atoms with Gasteiger partial charge in [-0.05, 0) is 33.6 Å². The number of fused-ring (bicyclic) bond motifs is 3. The van der Waals surface area contributed by atoms with Crippen molar-refractivity contribution in [2.45, 2.75) is 81.5 Å². The van der Waals surface area contributed by atoms with Crippen LogP contribution >= 0.6 is 11.6 Å². The van der Waals surface area contributed by atoms with Gasteiger partial charge in [0.25, 0.3) is 0 Å². The zero-order valence-corrected chi connectivity index (χ0v) is 20.4. The number of methoxy groups -OCH3 is 1. The SMILES string of the molecule is C=C1C(=O)O[C@H]2[C@H]1[C@H](OC(=O)C(C)(O)C(C)Cl)[C@@H](OC(C)=O)C(C(=O)OC)=CCC[C@@]1(C)O[C@H]21. The van der Waals surface area contributed by atoms with Gasteiger partial charge in [0, 0.05) is 12.5 Å². The first-order valence-corrected chi connectivity index (χ1v) is 11.3. The summed E-state index contributed by atoms with van der Waals surface area (Å²) in [5.74, 6) is -4.55. The molecule has 0 spiro atoms. The lowest BCUT2D eigenvalue weighted by molar-refractivity contribution is -0.184. The van der Waals surface area contributed by atoms with Gasteiger partial charge < -0.3 is 28.8 Å². The maximum atomic E-state index is 13.0. The fourth-order valence-corrected chi connectivity index (χ4v) is 4.37. The van der Waals surface area contributed by atoms with Crippen molar-refractivity contribution < 1.29 is 48.0 Å². The molecule has 2 heterocycles. The number of epoxide rings is 1. The Bertz CT molecular complexity index is 938. The Kier molecular flexibility index (Phi) is 7.17. The number of rotatable bonds is 5. The number of carbonyl (C=O) groups is 4. The van der Waals surface area contributed by atoms with Gasteiger partial charge >= 0.3 is 23.9 Å². The predicted molar refractivity (Wildman–Crippen MR) is 116 cm³/mol. The number of aliphatic hydroxyl groups is 1. The molecular weight excluding hydrogens is 472 g/mol. The standard InChI is InChI=1S/C23H29ClO10/c1-10-14-16(33-21(28)23(5,29)11(2)24)15(31-12(3)25)13(20(27)30-6)8-7-9-22(4)18(34-22)17(14)32-19(10)26/h8,11,14-18,29H,1,7,9H2,2-6H3/t11?,14-,15+,16+,17+,18-,22-,23?/m1/s1. The highest BCUT2D eigenvalue weighted by atomic mass is 35.5. The fourth-order valence-electron chi connectivity index (χ4n) is 4.28. The van der Waals surface area contributed by atoms with Gasteiger partial charge in [0.15, 0.2) is 17.8 Å². The zero-order valence-electron chi connectivity index (χ0n) is 19.7. The average Bonchev–Trinajstić information content (AvgIpc) is 3.34. The molecule has 0 aromatic rings. The number of halogens is 1. The molecule has 8 atom stereocenters. The topological polar surface area (TPSA) is 138 Å². The molecule has 2 fully saturated rings. The summed E-state index contributed by atoms with van der Waals surface area (Å²) < 4.78 is 27.4. The quantitative estimate of drug-likeness (QED) is 0.193. The van der Waals surface area contributed by atoms with E-state index in [0.717, 1.165) is 21.0 Å². The smallest absolute Gasteiger partial charge is 0.339 e. The highest BCUT2D eigenvalue weighted by Crippen LogP contribution is 2.50. The first-order chi connectivity index (χ1) is 15.7. The molecule has 188 valence electrons. The molecular formula is C23H29ClO10. The Hall–Kier alpha value is -2.43. The largest absolute Gasteiger partial charge is 0.466 e. The maximum absolute atomic E-state index is 13.0. The molecule has 10 nitrogen and oxygen atoms in total. The molecule has 2 aliphatic heterocycles. The molecule has 34 heavy (non-hydrogen) atoms. The van der Waals surface area contributed by atoms with Crippen LogP contribution in [0.4, 0.5) is 0 Å². The fraction of sp³-hybridized carbons (Fsp3) is 0.652. The minimum Gasteiger partial charge on any atom is -0.466 e. The monoisotopic (exact) mass is 500 g/mol. The molecule has 0 aromatic heterocycles. The highest BCUT2D eigenvalue weighted by molar-refractivity contribution is 6.22. The van der Waals surface area contributed by atoms with E-state index >= 15 is 0 Å². The lowest BCUT2D eigenvalue weighted by Gasteiger charge is -2.35. The number of alkyl halides is 1. The van der Waals surface area contributed by atoms with E-state index in [1.807, 2.05) is 6.92 Å². The van der Waals surface area contributed by atoms with Crippen molar-refractivity contribution in [1.82, 2.24) is 0 Å². The Morgan fingerprint density at radius 3 is 2.56 bits per heavy atom. The molecule has 1 aliphatic carbocycles. The van der Waals surface area contributed by atoms with Crippen LogP contribution in [-0.2, 0) is 42.9 Å². The van der Waals surface area contributed by atoms with Gasteiger partial charge in [-0.15, -0.1) is 11.6 Å². The number of ether oxygens (including phenoxy) is 5. The highest BCUT2D eigenvalue weighted by Gasteiger charge is 2.65. The molecule has 0 radical (unpaired) electrons.